The molecular formula is C25H19BrF2N2O3S. The maximum Gasteiger partial charge on any atom is 0.264 e. The third kappa shape index (κ3) is 5.84. The first kappa shape index (κ1) is 24.0. The summed E-state index contributed by atoms with van der Waals surface area (Å²) in [5.74, 6) is -0.0819. The van der Waals surface area contributed by atoms with Gasteiger partial charge in [-0.05, 0) is 72.8 Å². The van der Waals surface area contributed by atoms with Gasteiger partial charge in [-0.2, -0.15) is 0 Å². The van der Waals surface area contributed by atoms with E-state index >= 15 is 0 Å². The molecule has 1 N–H and O–H groups in total. The molecule has 1 amide bonds. The largest absolute Gasteiger partial charge is 0.490 e. The highest BCUT2D eigenvalue weighted by molar-refractivity contribution is 9.10. The van der Waals surface area contributed by atoms with Crippen molar-refractivity contribution in [3.05, 3.63) is 92.8 Å². The van der Waals surface area contributed by atoms with E-state index in [0.717, 1.165) is 0 Å². The molecule has 0 bridgehead atoms. The molecule has 1 aliphatic heterocycles. The summed E-state index contributed by atoms with van der Waals surface area (Å²) in [7, 11) is 0. The monoisotopic (exact) mass is 544 g/mol. The van der Waals surface area contributed by atoms with Gasteiger partial charge in [-0.15, -0.1) is 0 Å². The highest BCUT2D eigenvalue weighted by Gasteiger charge is 2.24. The standard InChI is InChI=1S/C25H19BrF2N2O3S/c1-2-32-21-11-16(19(26)13-22(21)33-14-15-5-3-4-6-20(15)28)12-23-24(31)30-25(34-23)29-18-9-7-17(27)8-10-18/h3-13H,2,14H2,1H3,(H,29,30,31)/b23-12+. The van der Waals surface area contributed by atoms with Crippen LogP contribution in [0.1, 0.15) is 18.1 Å². The molecule has 0 radical (unpaired) electrons. The normalized spacial score (nSPS) is 15.6. The zero-order valence-electron chi connectivity index (χ0n) is 18.0. The number of benzene rings is 3. The molecule has 0 saturated carbocycles. The summed E-state index contributed by atoms with van der Waals surface area (Å²) in [6.45, 7) is 2.29. The number of hydrogen-bond acceptors (Lipinski definition) is 5. The molecule has 5 nitrogen and oxygen atoms in total. The van der Waals surface area contributed by atoms with Gasteiger partial charge in [0.1, 0.15) is 18.2 Å². The van der Waals surface area contributed by atoms with Gasteiger partial charge in [0.2, 0.25) is 0 Å². The van der Waals surface area contributed by atoms with Gasteiger partial charge in [0.25, 0.3) is 5.91 Å². The number of aliphatic imine (C=N–C) groups is 1. The maximum atomic E-state index is 13.9. The van der Waals surface area contributed by atoms with Crippen LogP contribution in [-0.2, 0) is 11.4 Å². The highest BCUT2D eigenvalue weighted by atomic mass is 79.9. The maximum absolute atomic E-state index is 13.9. The summed E-state index contributed by atoms with van der Waals surface area (Å²) in [5.41, 5.74) is 1.66. The third-order valence-corrected chi connectivity index (χ3v) is 6.30. The molecule has 0 aliphatic carbocycles. The van der Waals surface area contributed by atoms with Gasteiger partial charge < -0.3 is 14.8 Å². The number of ether oxygens (including phenoxy) is 2. The fourth-order valence-corrected chi connectivity index (χ4v) is 4.34. The van der Waals surface area contributed by atoms with Crippen LogP contribution in [0.4, 0.5) is 14.5 Å². The van der Waals surface area contributed by atoms with Gasteiger partial charge >= 0.3 is 0 Å². The minimum Gasteiger partial charge on any atom is -0.490 e. The summed E-state index contributed by atoms with van der Waals surface area (Å²) in [6.07, 6.45) is 1.71. The molecule has 3 aromatic rings. The first-order valence-corrected chi connectivity index (χ1v) is 11.9. The van der Waals surface area contributed by atoms with E-state index in [4.69, 9.17) is 9.47 Å². The molecule has 1 fully saturated rings. The summed E-state index contributed by atoms with van der Waals surface area (Å²) in [6, 6.07) is 15.5. The summed E-state index contributed by atoms with van der Waals surface area (Å²) < 4.78 is 39.3. The van der Waals surface area contributed by atoms with E-state index in [2.05, 4.69) is 26.2 Å². The van der Waals surface area contributed by atoms with Crippen LogP contribution in [0.25, 0.3) is 6.08 Å². The number of rotatable bonds is 7. The first-order valence-electron chi connectivity index (χ1n) is 10.3. The topological polar surface area (TPSA) is 59.9 Å². The average Bonchev–Trinajstić information content (AvgIpc) is 3.16. The van der Waals surface area contributed by atoms with Gasteiger partial charge in [0.05, 0.1) is 17.2 Å². The van der Waals surface area contributed by atoms with E-state index in [0.29, 0.717) is 49.5 Å². The Bertz CT molecular complexity index is 1280. The predicted molar refractivity (Wildman–Crippen MR) is 133 cm³/mol. The zero-order valence-corrected chi connectivity index (χ0v) is 20.4. The van der Waals surface area contributed by atoms with Crippen molar-refractivity contribution in [1.29, 1.82) is 0 Å². The Hall–Kier alpha value is -3.17. The van der Waals surface area contributed by atoms with Crippen LogP contribution >= 0.6 is 27.7 Å². The minimum absolute atomic E-state index is 0.0427. The molecule has 174 valence electrons. The van der Waals surface area contributed by atoms with Crippen molar-refractivity contribution in [3.8, 4) is 11.5 Å². The van der Waals surface area contributed by atoms with Crippen LogP contribution in [0, 0.1) is 11.6 Å². The van der Waals surface area contributed by atoms with Crippen LogP contribution in [0.2, 0.25) is 0 Å². The van der Waals surface area contributed by atoms with E-state index in [9.17, 15) is 13.6 Å². The second-order valence-corrected chi connectivity index (χ2v) is 8.98. The van der Waals surface area contributed by atoms with Gasteiger partial charge in [-0.3, -0.25) is 4.79 Å². The number of amidine groups is 1. The number of amides is 1. The third-order valence-electron chi connectivity index (χ3n) is 4.70. The van der Waals surface area contributed by atoms with Crippen LogP contribution in [0.3, 0.4) is 0 Å². The number of nitrogens with one attached hydrogen (secondary N) is 1. The summed E-state index contributed by atoms with van der Waals surface area (Å²) >= 11 is 4.69. The van der Waals surface area contributed by atoms with Crippen LogP contribution in [-0.4, -0.2) is 17.7 Å². The van der Waals surface area contributed by atoms with E-state index in [1.165, 1.54) is 42.1 Å². The fourth-order valence-electron chi connectivity index (χ4n) is 3.07. The van der Waals surface area contributed by atoms with Crippen molar-refractivity contribution < 1.29 is 23.0 Å². The number of thioether (sulfide) groups is 1. The van der Waals surface area contributed by atoms with Gasteiger partial charge in [0, 0.05) is 10.0 Å². The van der Waals surface area contributed by atoms with Crippen molar-refractivity contribution >= 4 is 50.5 Å². The minimum atomic E-state index is -0.357. The Morgan fingerprint density at radius 2 is 1.79 bits per heavy atom. The molecule has 1 aliphatic rings. The molecule has 3 aromatic carbocycles. The Morgan fingerprint density at radius 1 is 1.06 bits per heavy atom. The Labute approximate surface area is 208 Å². The Morgan fingerprint density at radius 3 is 2.53 bits per heavy atom. The lowest BCUT2D eigenvalue weighted by Crippen LogP contribution is -2.19. The smallest absolute Gasteiger partial charge is 0.264 e. The molecule has 0 spiro atoms. The lowest BCUT2D eigenvalue weighted by molar-refractivity contribution is -0.115. The van der Waals surface area contributed by atoms with Gasteiger partial charge in [-0.25, -0.2) is 13.8 Å². The second kappa shape index (κ2) is 10.8. The first-order chi connectivity index (χ1) is 16.4. The Balaban J connectivity index is 1.56. The van der Waals surface area contributed by atoms with Crippen molar-refractivity contribution in [2.75, 3.05) is 6.61 Å². The summed E-state index contributed by atoms with van der Waals surface area (Å²) in [4.78, 5) is 17.2. The fraction of sp³-hybridized carbons (Fsp3) is 0.120. The number of carbonyl (C=O) groups is 1. The van der Waals surface area contributed by atoms with Crippen molar-refractivity contribution in [1.82, 2.24) is 5.32 Å². The van der Waals surface area contributed by atoms with Crippen LogP contribution in [0.15, 0.2) is 75.0 Å². The van der Waals surface area contributed by atoms with Crippen LogP contribution < -0.4 is 14.8 Å². The lowest BCUT2D eigenvalue weighted by atomic mass is 10.1. The van der Waals surface area contributed by atoms with E-state index in [-0.39, 0.29) is 24.1 Å². The second-order valence-electron chi connectivity index (χ2n) is 7.09. The van der Waals surface area contributed by atoms with E-state index < -0.39 is 0 Å². The average molecular weight is 545 g/mol. The molecule has 0 unspecified atom stereocenters. The zero-order chi connectivity index (χ0) is 24.1. The molecule has 9 heteroatoms. The van der Waals surface area contributed by atoms with Crippen molar-refractivity contribution in [2.45, 2.75) is 13.5 Å². The predicted octanol–water partition coefficient (Wildman–Crippen LogP) is 6.60. The van der Waals surface area contributed by atoms with Crippen molar-refractivity contribution in [3.63, 3.8) is 0 Å². The molecule has 4 rings (SSSR count). The highest BCUT2D eigenvalue weighted by Crippen LogP contribution is 2.37. The van der Waals surface area contributed by atoms with E-state index in [1.54, 1.807) is 36.4 Å². The lowest BCUT2D eigenvalue weighted by Gasteiger charge is -2.14. The van der Waals surface area contributed by atoms with E-state index in [1.807, 2.05) is 6.92 Å². The van der Waals surface area contributed by atoms with Gasteiger partial charge in [0.15, 0.2) is 16.7 Å². The molecule has 34 heavy (non-hydrogen) atoms. The molecule has 0 atom stereocenters. The Kier molecular flexibility index (Phi) is 7.64. The number of halogens is 3. The SMILES string of the molecule is CCOc1cc(/C=C2/SC(=Nc3ccc(F)cc3)NC2=O)c(Br)cc1OCc1ccccc1F. The number of carbonyl (C=O) groups excluding carboxylic acids is 1. The van der Waals surface area contributed by atoms with Gasteiger partial charge in [-0.1, -0.05) is 34.1 Å². The quantitative estimate of drug-likeness (QED) is 0.340. The van der Waals surface area contributed by atoms with Crippen LogP contribution in [0.5, 0.6) is 11.5 Å². The molecule has 1 heterocycles. The summed E-state index contributed by atoms with van der Waals surface area (Å²) in [5, 5.41) is 3.10. The van der Waals surface area contributed by atoms with Crippen molar-refractivity contribution in [2.24, 2.45) is 4.99 Å². The molecule has 1 saturated heterocycles. The number of nitrogens with zero attached hydrogens (tertiary/aromatic N) is 1. The molecule has 0 aromatic heterocycles. The number of hydrogen-bond donors (Lipinski definition) is 1. The molecular weight excluding hydrogens is 526 g/mol.